The second-order valence-electron chi connectivity index (χ2n) is 4.52. The number of hydrogen-bond donors (Lipinski definition) is 1. The van der Waals surface area contributed by atoms with Gasteiger partial charge < -0.3 is 0 Å². The van der Waals surface area contributed by atoms with E-state index >= 15 is 0 Å². The van der Waals surface area contributed by atoms with E-state index in [2.05, 4.69) is 5.32 Å². The second kappa shape index (κ2) is 7.36. The van der Waals surface area contributed by atoms with Gasteiger partial charge in [0, 0.05) is 17.6 Å². The summed E-state index contributed by atoms with van der Waals surface area (Å²) >= 11 is 0. The molecule has 111 valence electrons. The lowest BCUT2D eigenvalue weighted by molar-refractivity contribution is -0.124. The highest BCUT2D eigenvalue weighted by atomic mass is 16.2. The molecule has 0 bridgehead atoms. The fourth-order valence-electron chi connectivity index (χ4n) is 2.12. The van der Waals surface area contributed by atoms with Gasteiger partial charge in [-0.3, -0.25) is 14.9 Å². The van der Waals surface area contributed by atoms with Gasteiger partial charge in [-0.05, 0) is 17.2 Å². The first-order valence-corrected chi connectivity index (χ1v) is 7.30. The van der Waals surface area contributed by atoms with Crippen LogP contribution in [-0.2, 0) is 9.59 Å². The first-order valence-electron chi connectivity index (χ1n) is 7.30. The van der Waals surface area contributed by atoms with Crippen molar-refractivity contribution in [1.82, 2.24) is 5.32 Å². The number of imide groups is 1. The SMILES string of the molecule is CC.O=C1NC(=O)C2=C1[CH]C=CC(/C=C\c1ccccc1)=C2. The van der Waals surface area contributed by atoms with E-state index in [0.29, 0.717) is 11.1 Å². The maximum Gasteiger partial charge on any atom is 0.258 e. The number of amides is 2. The van der Waals surface area contributed by atoms with Gasteiger partial charge in [0.05, 0.1) is 0 Å². The van der Waals surface area contributed by atoms with Crippen LogP contribution in [0.3, 0.4) is 0 Å². The minimum absolute atomic E-state index is 0.334. The number of nitrogens with one attached hydrogen (secondary N) is 1. The molecular weight excluding hydrogens is 274 g/mol. The van der Waals surface area contributed by atoms with Crippen molar-refractivity contribution in [2.45, 2.75) is 13.8 Å². The Morgan fingerprint density at radius 2 is 1.59 bits per heavy atom. The third-order valence-corrected chi connectivity index (χ3v) is 3.14. The summed E-state index contributed by atoms with van der Waals surface area (Å²) in [5, 5.41) is 2.30. The zero-order valence-electron chi connectivity index (χ0n) is 12.7. The Bertz CT molecular complexity index is 691. The number of carbonyl (C=O) groups excluding carboxylic acids is 2. The normalized spacial score (nSPS) is 16.7. The van der Waals surface area contributed by atoms with Crippen LogP contribution in [0.1, 0.15) is 19.4 Å². The fraction of sp³-hybridized carbons (Fsp3) is 0.105. The van der Waals surface area contributed by atoms with Gasteiger partial charge in [0.15, 0.2) is 0 Å². The molecular formula is C19H18NO2. The van der Waals surface area contributed by atoms with Crippen LogP contribution in [-0.4, -0.2) is 11.8 Å². The minimum atomic E-state index is -0.337. The summed E-state index contributed by atoms with van der Waals surface area (Å²) in [6.45, 7) is 4.00. The molecule has 1 radical (unpaired) electrons. The van der Waals surface area contributed by atoms with Crippen LogP contribution in [0.2, 0.25) is 0 Å². The lowest BCUT2D eigenvalue weighted by Gasteiger charge is -1.96. The van der Waals surface area contributed by atoms with Crippen molar-refractivity contribution in [3.8, 4) is 0 Å². The van der Waals surface area contributed by atoms with Crippen LogP contribution in [0.4, 0.5) is 0 Å². The highest BCUT2D eigenvalue weighted by Crippen LogP contribution is 2.23. The molecule has 2 aliphatic rings. The summed E-state index contributed by atoms with van der Waals surface area (Å²) < 4.78 is 0. The van der Waals surface area contributed by atoms with Crippen molar-refractivity contribution in [3.05, 3.63) is 83.3 Å². The minimum Gasteiger partial charge on any atom is -0.288 e. The molecule has 0 saturated heterocycles. The molecule has 0 atom stereocenters. The first kappa shape index (κ1) is 15.7. The number of rotatable bonds is 2. The molecule has 1 N–H and O–H groups in total. The number of allylic oxidation sites excluding steroid dienone is 4. The lowest BCUT2D eigenvalue weighted by Crippen LogP contribution is -2.23. The van der Waals surface area contributed by atoms with E-state index in [1.54, 1.807) is 18.6 Å². The van der Waals surface area contributed by atoms with E-state index in [1.807, 2.05) is 62.4 Å². The molecule has 2 amide bonds. The molecule has 0 aromatic heterocycles. The molecule has 22 heavy (non-hydrogen) atoms. The highest BCUT2D eigenvalue weighted by molar-refractivity contribution is 6.22. The predicted octanol–water partition coefficient (Wildman–Crippen LogP) is 3.38. The van der Waals surface area contributed by atoms with Gasteiger partial charge in [0.2, 0.25) is 0 Å². The molecule has 1 aliphatic heterocycles. The first-order chi connectivity index (χ1) is 10.7. The van der Waals surface area contributed by atoms with Gasteiger partial charge >= 0.3 is 0 Å². The van der Waals surface area contributed by atoms with Gasteiger partial charge in [-0.1, -0.05) is 68.5 Å². The van der Waals surface area contributed by atoms with Crippen LogP contribution in [0.25, 0.3) is 6.08 Å². The monoisotopic (exact) mass is 292 g/mol. The highest BCUT2D eigenvalue weighted by Gasteiger charge is 2.28. The Kier molecular flexibility index (Phi) is 5.26. The molecule has 0 fully saturated rings. The smallest absolute Gasteiger partial charge is 0.258 e. The molecule has 0 spiro atoms. The third kappa shape index (κ3) is 3.50. The second-order valence-corrected chi connectivity index (χ2v) is 4.52. The molecule has 1 heterocycles. The topological polar surface area (TPSA) is 46.2 Å². The Morgan fingerprint density at radius 1 is 0.909 bits per heavy atom. The van der Waals surface area contributed by atoms with Gasteiger partial charge in [0.25, 0.3) is 11.8 Å². The third-order valence-electron chi connectivity index (χ3n) is 3.14. The summed E-state index contributed by atoms with van der Waals surface area (Å²) in [7, 11) is 0. The Balaban J connectivity index is 0.000000847. The largest absolute Gasteiger partial charge is 0.288 e. The van der Waals surface area contributed by atoms with Gasteiger partial charge in [-0.15, -0.1) is 0 Å². The summed E-state index contributed by atoms with van der Waals surface area (Å²) in [5.74, 6) is -0.672. The van der Waals surface area contributed by atoms with Crippen molar-refractivity contribution >= 4 is 17.9 Å². The summed E-state index contributed by atoms with van der Waals surface area (Å²) in [6.07, 6.45) is 10.9. The lowest BCUT2D eigenvalue weighted by atomic mass is 10.1. The van der Waals surface area contributed by atoms with E-state index in [9.17, 15) is 9.59 Å². The molecule has 0 unspecified atom stereocenters. The van der Waals surface area contributed by atoms with Crippen molar-refractivity contribution in [2.24, 2.45) is 0 Å². The Morgan fingerprint density at radius 3 is 2.32 bits per heavy atom. The average molecular weight is 292 g/mol. The van der Waals surface area contributed by atoms with Crippen molar-refractivity contribution in [1.29, 1.82) is 0 Å². The maximum absolute atomic E-state index is 11.7. The van der Waals surface area contributed by atoms with Crippen LogP contribution in [0.5, 0.6) is 0 Å². The molecule has 1 aromatic rings. The predicted molar refractivity (Wildman–Crippen MR) is 88.5 cm³/mol. The van der Waals surface area contributed by atoms with E-state index in [4.69, 9.17) is 0 Å². The van der Waals surface area contributed by atoms with E-state index in [1.165, 1.54) is 0 Å². The molecule has 3 nitrogen and oxygen atoms in total. The van der Waals surface area contributed by atoms with Crippen LogP contribution in [0, 0.1) is 6.42 Å². The van der Waals surface area contributed by atoms with Crippen molar-refractivity contribution < 1.29 is 9.59 Å². The molecule has 0 saturated carbocycles. The average Bonchev–Trinajstić information content (AvgIpc) is 2.73. The zero-order valence-corrected chi connectivity index (χ0v) is 12.7. The van der Waals surface area contributed by atoms with Crippen molar-refractivity contribution in [3.63, 3.8) is 0 Å². The summed E-state index contributed by atoms with van der Waals surface area (Å²) in [4.78, 5) is 23.2. The van der Waals surface area contributed by atoms with E-state index in [-0.39, 0.29) is 11.8 Å². The maximum atomic E-state index is 11.7. The standard InChI is InChI=1S/C17H12NO2.C2H6/c19-16-14-8-4-7-13(11-15(14)17(20)18-16)10-9-12-5-2-1-3-6-12;1-2/h1-11H,(H,18,19,20);1-2H3/b10-9-;. The number of carbonyl (C=O) groups is 2. The molecule has 3 rings (SSSR count). The molecule has 3 heteroatoms. The van der Waals surface area contributed by atoms with Crippen LogP contribution in [0.15, 0.2) is 71.4 Å². The molecule has 1 aliphatic carbocycles. The van der Waals surface area contributed by atoms with Crippen molar-refractivity contribution in [2.75, 3.05) is 0 Å². The quantitative estimate of drug-likeness (QED) is 0.849. The zero-order chi connectivity index (χ0) is 15.9. The van der Waals surface area contributed by atoms with Crippen LogP contribution < -0.4 is 5.32 Å². The van der Waals surface area contributed by atoms with Gasteiger partial charge in [-0.25, -0.2) is 0 Å². The van der Waals surface area contributed by atoms with E-state index in [0.717, 1.165) is 11.1 Å². The van der Waals surface area contributed by atoms with Gasteiger partial charge in [0.1, 0.15) is 0 Å². The van der Waals surface area contributed by atoms with E-state index < -0.39 is 0 Å². The Labute approximate surface area is 130 Å². The summed E-state index contributed by atoms with van der Waals surface area (Å²) in [5.41, 5.74) is 2.80. The fourth-order valence-corrected chi connectivity index (χ4v) is 2.12. The number of hydrogen-bond acceptors (Lipinski definition) is 2. The van der Waals surface area contributed by atoms with Gasteiger partial charge in [-0.2, -0.15) is 0 Å². The Hall–Kier alpha value is -2.68. The summed E-state index contributed by atoms with van der Waals surface area (Å²) in [6, 6.07) is 9.89. The van der Waals surface area contributed by atoms with Crippen LogP contribution >= 0.6 is 0 Å². The molecule has 1 aromatic carbocycles. The number of benzene rings is 1.